The van der Waals surface area contributed by atoms with E-state index in [1.165, 1.54) is 0 Å². The summed E-state index contributed by atoms with van der Waals surface area (Å²) in [5.41, 5.74) is 0.782. The first kappa shape index (κ1) is 13.6. The highest BCUT2D eigenvalue weighted by Crippen LogP contribution is 2.27. The highest BCUT2D eigenvalue weighted by atomic mass is 35.5. The molecule has 0 aliphatic heterocycles. The number of halogens is 1. The van der Waals surface area contributed by atoms with Gasteiger partial charge in [-0.05, 0) is 24.1 Å². The molecular weight excluding hydrogens is 242 g/mol. The molecule has 0 aromatic heterocycles. The Labute approximate surface area is 105 Å². The van der Waals surface area contributed by atoms with Gasteiger partial charge in [0.05, 0.1) is 5.92 Å². The van der Waals surface area contributed by atoms with Crippen LogP contribution in [0, 0.1) is 16.0 Å². The van der Waals surface area contributed by atoms with Crippen molar-refractivity contribution in [1.82, 2.24) is 0 Å². The molecule has 0 radical (unpaired) electrons. The fourth-order valence-electron chi connectivity index (χ4n) is 1.83. The minimum absolute atomic E-state index is 0.237. The van der Waals surface area contributed by atoms with Crippen molar-refractivity contribution < 1.29 is 9.72 Å². The maximum atomic E-state index is 11.0. The predicted octanol–water partition coefficient (Wildman–Crippen LogP) is 2.93. The monoisotopic (exact) mass is 255 g/mol. The Balaban J connectivity index is 3.00. The molecular formula is C12H14ClNO3. The van der Waals surface area contributed by atoms with Crippen LogP contribution in [0.1, 0.15) is 24.8 Å². The summed E-state index contributed by atoms with van der Waals surface area (Å²) in [6.45, 7) is 1.61. The van der Waals surface area contributed by atoms with Crippen LogP contribution < -0.4 is 0 Å². The van der Waals surface area contributed by atoms with Crippen LogP contribution in [0.25, 0.3) is 0 Å². The molecule has 0 aliphatic carbocycles. The molecule has 0 saturated heterocycles. The molecule has 1 aromatic rings. The van der Waals surface area contributed by atoms with Crippen molar-refractivity contribution in [3.8, 4) is 0 Å². The van der Waals surface area contributed by atoms with Crippen LogP contribution in [0.15, 0.2) is 24.3 Å². The van der Waals surface area contributed by atoms with Crippen LogP contribution in [0.2, 0.25) is 5.02 Å². The lowest BCUT2D eigenvalue weighted by Gasteiger charge is -2.18. The van der Waals surface area contributed by atoms with Gasteiger partial charge in [-0.2, -0.15) is 0 Å². The fraction of sp³-hybridized carbons (Fsp3) is 0.417. The maximum absolute atomic E-state index is 11.0. The average molecular weight is 256 g/mol. The summed E-state index contributed by atoms with van der Waals surface area (Å²) in [7, 11) is 0. The molecule has 0 N–H and O–H groups in total. The number of nitrogens with zero attached hydrogens (tertiary/aromatic N) is 1. The first-order chi connectivity index (χ1) is 8.08. The number of rotatable bonds is 6. The number of benzene rings is 1. The van der Waals surface area contributed by atoms with Crippen LogP contribution in [0.3, 0.4) is 0 Å². The van der Waals surface area contributed by atoms with Gasteiger partial charge in [0.2, 0.25) is 6.54 Å². The second-order valence-electron chi connectivity index (χ2n) is 3.88. The first-order valence-electron chi connectivity index (χ1n) is 5.41. The van der Waals surface area contributed by atoms with E-state index in [0.29, 0.717) is 11.4 Å². The second kappa shape index (κ2) is 6.35. The summed E-state index contributed by atoms with van der Waals surface area (Å²) in [4.78, 5) is 21.2. The Morgan fingerprint density at radius 3 is 2.41 bits per heavy atom. The zero-order chi connectivity index (χ0) is 12.8. The standard InChI is InChI=1S/C12H14ClNO3/c1-2-9(8-15)12(7-14(16)17)10-3-5-11(13)6-4-10/h3-6,8-9,12H,2,7H2,1H3/t9-,12+/m1/s1. The van der Waals surface area contributed by atoms with Crippen molar-refractivity contribution in [1.29, 1.82) is 0 Å². The lowest BCUT2D eigenvalue weighted by Crippen LogP contribution is -2.22. The summed E-state index contributed by atoms with van der Waals surface area (Å²) in [6.07, 6.45) is 1.38. The Hall–Kier alpha value is -1.42. The highest BCUT2D eigenvalue weighted by molar-refractivity contribution is 6.30. The van der Waals surface area contributed by atoms with Gasteiger partial charge in [-0.1, -0.05) is 30.7 Å². The van der Waals surface area contributed by atoms with E-state index in [1.54, 1.807) is 24.3 Å². The van der Waals surface area contributed by atoms with E-state index in [2.05, 4.69) is 0 Å². The van der Waals surface area contributed by atoms with Gasteiger partial charge in [-0.3, -0.25) is 10.1 Å². The smallest absolute Gasteiger partial charge is 0.211 e. The number of nitro groups is 1. The van der Waals surface area contributed by atoms with Crippen molar-refractivity contribution in [2.45, 2.75) is 19.3 Å². The third-order valence-corrected chi connectivity index (χ3v) is 3.06. The molecule has 0 aliphatic rings. The second-order valence-corrected chi connectivity index (χ2v) is 4.32. The Morgan fingerprint density at radius 2 is 2.00 bits per heavy atom. The average Bonchev–Trinajstić information content (AvgIpc) is 2.30. The van der Waals surface area contributed by atoms with Crippen LogP contribution >= 0.6 is 11.6 Å². The molecule has 0 fully saturated rings. The predicted molar refractivity (Wildman–Crippen MR) is 65.9 cm³/mol. The van der Waals surface area contributed by atoms with E-state index in [-0.39, 0.29) is 23.3 Å². The molecule has 92 valence electrons. The number of hydrogen-bond acceptors (Lipinski definition) is 3. The SMILES string of the molecule is CC[C@H](C=O)[C@H](C[N+](=O)[O-])c1ccc(Cl)cc1. The first-order valence-corrected chi connectivity index (χ1v) is 5.78. The van der Waals surface area contributed by atoms with Gasteiger partial charge in [-0.15, -0.1) is 0 Å². The molecule has 1 rings (SSSR count). The van der Waals surface area contributed by atoms with Gasteiger partial charge in [0.1, 0.15) is 6.29 Å². The lowest BCUT2D eigenvalue weighted by molar-refractivity contribution is -0.484. The topological polar surface area (TPSA) is 60.2 Å². The van der Waals surface area contributed by atoms with Gasteiger partial charge < -0.3 is 4.79 Å². The molecule has 1 aromatic carbocycles. The minimum atomic E-state index is -0.384. The zero-order valence-electron chi connectivity index (χ0n) is 9.51. The van der Waals surface area contributed by atoms with Gasteiger partial charge in [0, 0.05) is 15.9 Å². The van der Waals surface area contributed by atoms with Crippen molar-refractivity contribution >= 4 is 17.9 Å². The molecule has 0 heterocycles. The largest absolute Gasteiger partial charge is 0.303 e. The van der Waals surface area contributed by atoms with Crippen LogP contribution in [0.4, 0.5) is 0 Å². The molecule has 0 amide bonds. The fourth-order valence-corrected chi connectivity index (χ4v) is 1.96. The molecule has 4 nitrogen and oxygen atoms in total. The van der Waals surface area contributed by atoms with Crippen LogP contribution in [-0.2, 0) is 4.79 Å². The number of carbonyl (C=O) groups excluding carboxylic acids is 1. The summed E-state index contributed by atoms with van der Waals surface area (Å²) in [5, 5.41) is 11.2. The van der Waals surface area contributed by atoms with Crippen molar-refractivity contribution in [2.75, 3.05) is 6.54 Å². The van der Waals surface area contributed by atoms with Crippen LogP contribution in [-0.4, -0.2) is 17.8 Å². The number of carbonyl (C=O) groups is 1. The van der Waals surface area contributed by atoms with Gasteiger partial charge in [-0.25, -0.2) is 0 Å². The number of aldehydes is 1. The molecule has 5 heteroatoms. The summed E-state index contributed by atoms with van der Waals surface area (Å²) >= 11 is 5.77. The lowest BCUT2D eigenvalue weighted by atomic mass is 9.85. The molecule has 0 spiro atoms. The molecule has 2 atom stereocenters. The van der Waals surface area contributed by atoms with E-state index in [9.17, 15) is 14.9 Å². The summed E-state index contributed by atoms with van der Waals surface area (Å²) < 4.78 is 0. The molecule has 0 bridgehead atoms. The van der Waals surface area contributed by atoms with E-state index >= 15 is 0 Å². The normalized spacial score (nSPS) is 14.0. The minimum Gasteiger partial charge on any atom is -0.303 e. The highest BCUT2D eigenvalue weighted by Gasteiger charge is 2.26. The Kier molecular flexibility index (Phi) is 5.10. The summed E-state index contributed by atoms with van der Waals surface area (Å²) in [6, 6.07) is 6.84. The van der Waals surface area contributed by atoms with Crippen molar-refractivity contribution in [3.05, 3.63) is 45.0 Å². The molecule has 0 unspecified atom stereocenters. The van der Waals surface area contributed by atoms with Gasteiger partial charge in [0.15, 0.2) is 0 Å². The number of hydrogen-bond donors (Lipinski definition) is 0. The van der Waals surface area contributed by atoms with Crippen molar-refractivity contribution in [3.63, 3.8) is 0 Å². The third-order valence-electron chi connectivity index (χ3n) is 2.81. The van der Waals surface area contributed by atoms with E-state index in [4.69, 9.17) is 11.6 Å². The van der Waals surface area contributed by atoms with Gasteiger partial charge >= 0.3 is 0 Å². The summed E-state index contributed by atoms with van der Waals surface area (Å²) in [5.74, 6) is -0.716. The zero-order valence-corrected chi connectivity index (χ0v) is 10.3. The van der Waals surface area contributed by atoms with E-state index in [0.717, 1.165) is 11.8 Å². The van der Waals surface area contributed by atoms with Gasteiger partial charge in [0.25, 0.3) is 0 Å². The van der Waals surface area contributed by atoms with Crippen molar-refractivity contribution in [2.24, 2.45) is 5.92 Å². The third kappa shape index (κ3) is 3.82. The van der Waals surface area contributed by atoms with Crippen LogP contribution in [0.5, 0.6) is 0 Å². The Morgan fingerprint density at radius 1 is 1.41 bits per heavy atom. The van der Waals surface area contributed by atoms with E-state index < -0.39 is 0 Å². The quantitative estimate of drug-likeness (QED) is 0.446. The maximum Gasteiger partial charge on any atom is 0.211 e. The Bertz CT molecular complexity index is 391. The van der Waals surface area contributed by atoms with E-state index in [1.807, 2.05) is 6.92 Å². The molecule has 17 heavy (non-hydrogen) atoms. The molecule has 0 saturated carbocycles.